The van der Waals surface area contributed by atoms with Crippen molar-refractivity contribution in [3.63, 3.8) is 0 Å². The molecular weight excluding hydrogens is 362 g/mol. The molecule has 0 saturated carbocycles. The van der Waals surface area contributed by atoms with Crippen molar-refractivity contribution in [2.24, 2.45) is 0 Å². The van der Waals surface area contributed by atoms with Gasteiger partial charge in [-0.05, 0) is 51.3 Å². The van der Waals surface area contributed by atoms with Gasteiger partial charge in [-0.25, -0.2) is 0 Å². The maximum Gasteiger partial charge on any atom is 0.251 e. The zero-order valence-corrected chi connectivity index (χ0v) is 17.6. The van der Waals surface area contributed by atoms with E-state index >= 15 is 0 Å². The lowest BCUT2D eigenvalue weighted by molar-refractivity contribution is -0.123. The van der Waals surface area contributed by atoms with Gasteiger partial charge in [-0.1, -0.05) is 47.5 Å². The molecule has 1 aliphatic heterocycles. The molecule has 2 aromatic rings. The van der Waals surface area contributed by atoms with Gasteiger partial charge < -0.3 is 10.6 Å². The zero-order valence-electron chi connectivity index (χ0n) is 17.6. The molecule has 3 rings (SSSR count). The molecule has 154 valence electrons. The number of nitrogens with zero attached hydrogens (tertiary/aromatic N) is 1. The number of rotatable bonds is 6. The highest BCUT2D eigenvalue weighted by molar-refractivity contribution is 5.97. The predicted octanol–water partition coefficient (Wildman–Crippen LogP) is 3.20. The van der Waals surface area contributed by atoms with Gasteiger partial charge in [0.25, 0.3) is 5.91 Å². The molecule has 2 amide bonds. The SMILES string of the molecule is Cc1cccc(CN2CCC(NC(=O)C(C)NC(=O)c3cccc(C)c3)CC2)c1. The summed E-state index contributed by atoms with van der Waals surface area (Å²) in [4.78, 5) is 27.3. The molecule has 29 heavy (non-hydrogen) atoms. The van der Waals surface area contributed by atoms with Crippen molar-refractivity contribution < 1.29 is 9.59 Å². The van der Waals surface area contributed by atoms with Crippen LogP contribution in [0.2, 0.25) is 0 Å². The van der Waals surface area contributed by atoms with Crippen molar-refractivity contribution in [2.45, 2.75) is 52.2 Å². The normalized spacial score (nSPS) is 16.2. The van der Waals surface area contributed by atoms with Crippen LogP contribution in [0, 0.1) is 13.8 Å². The largest absolute Gasteiger partial charge is 0.351 e. The standard InChI is InChI=1S/C24H31N3O2/c1-17-6-4-8-20(14-17)16-27-12-10-22(11-13-27)26-23(28)19(3)25-24(29)21-9-5-7-18(2)15-21/h4-9,14-15,19,22H,10-13,16H2,1-3H3,(H,25,29)(H,26,28). The van der Waals surface area contributed by atoms with Gasteiger partial charge >= 0.3 is 0 Å². The van der Waals surface area contributed by atoms with Crippen molar-refractivity contribution in [3.05, 3.63) is 70.8 Å². The zero-order chi connectivity index (χ0) is 20.8. The van der Waals surface area contributed by atoms with Crippen LogP contribution in [0.5, 0.6) is 0 Å². The molecule has 0 aromatic heterocycles. The number of carbonyl (C=O) groups is 2. The van der Waals surface area contributed by atoms with Crippen LogP contribution < -0.4 is 10.6 Å². The van der Waals surface area contributed by atoms with Gasteiger partial charge in [-0.3, -0.25) is 14.5 Å². The Labute approximate surface area is 173 Å². The monoisotopic (exact) mass is 393 g/mol. The maximum absolute atomic E-state index is 12.5. The van der Waals surface area contributed by atoms with Crippen molar-refractivity contribution in [1.82, 2.24) is 15.5 Å². The summed E-state index contributed by atoms with van der Waals surface area (Å²) in [6.45, 7) is 8.66. The minimum absolute atomic E-state index is 0.122. The van der Waals surface area contributed by atoms with E-state index in [1.54, 1.807) is 13.0 Å². The second kappa shape index (κ2) is 9.70. The number of benzene rings is 2. The average molecular weight is 394 g/mol. The number of likely N-dealkylation sites (tertiary alicyclic amines) is 1. The Morgan fingerprint density at radius 1 is 1.03 bits per heavy atom. The third kappa shape index (κ3) is 6.16. The second-order valence-electron chi connectivity index (χ2n) is 8.11. The summed E-state index contributed by atoms with van der Waals surface area (Å²) in [5, 5.41) is 5.90. The summed E-state index contributed by atoms with van der Waals surface area (Å²) in [6.07, 6.45) is 1.85. The number of hydrogen-bond acceptors (Lipinski definition) is 3. The molecule has 1 heterocycles. The molecule has 1 fully saturated rings. The average Bonchev–Trinajstić information content (AvgIpc) is 2.69. The van der Waals surface area contributed by atoms with E-state index in [0.29, 0.717) is 5.56 Å². The lowest BCUT2D eigenvalue weighted by atomic mass is 10.0. The molecule has 5 nitrogen and oxygen atoms in total. The Kier molecular flexibility index (Phi) is 7.04. The molecule has 0 radical (unpaired) electrons. The molecule has 1 saturated heterocycles. The summed E-state index contributed by atoms with van der Waals surface area (Å²) >= 11 is 0. The summed E-state index contributed by atoms with van der Waals surface area (Å²) in [5.74, 6) is -0.340. The molecule has 0 spiro atoms. The van der Waals surface area contributed by atoms with E-state index in [1.807, 2.05) is 25.1 Å². The van der Waals surface area contributed by atoms with Crippen LogP contribution in [0.1, 0.15) is 46.8 Å². The Morgan fingerprint density at radius 2 is 1.69 bits per heavy atom. The Hall–Kier alpha value is -2.66. The summed E-state index contributed by atoms with van der Waals surface area (Å²) in [6, 6.07) is 15.6. The molecule has 2 N–H and O–H groups in total. The molecule has 2 aromatic carbocycles. The number of piperidine rings is 1. The van der Waals surface area contributed by atoms with Crippen molar-refractivity contribution in [2.75, 3.05) is 13.1 Å². The van der Waals surface area contributed by atoms with Gasteiger partial charge in [0.2, 0.25) is 5.91 Å². The first-order valence-electron chi connectivity index (χ1n) is 10.4. The topological polar surface area (TPSA) is 61.4 Å². The van der Waals surface area contributed by atoms with Crippen LogP contribution in [0.4, 0.5) is 0 Å². The van der Waals surface area contributed by atoms with Crippen LogP contribution in [-0.4, -0.2) is 41.9 Å². The van der Waals surface area contributed by atoms with Gasteiger partial charge in [0.05, 0.1) is 0 Å². The Balaban J connectivity index is 1.43. The molecule has 0 aliphatic carbocycles. The summed E-state index contributed by atoms with van der Waals surface area (Å²) in [7, 11) is 0. The number of hydrogen-bond donors (Lipinski definition) is 2. The Bertz CT molecular complexity index is 857. The van der Waals surface area contributed by atoms with Gasteiger partial charge in [-0.2, -0.15) is 0 Å². The number of aryl methyl sites for hydroxylation is 2. The van der Waals surface area contributed by atoms with E-state index in [0.717, 1.165) is 38.0 Å². The second-order valence-corrected chi connectivity index (χ2v) is 8.11. The molecular formula is C24H31N3O2. The Morgan fingerprint density at radius 3 is 2.34 bits per heavy atom. The molecule has 1 unspecified atom stereocenters. The summed E-state index contributed by atoms with van der Waals surface area (Å²) < 4.78 is 0. The number of amides is 2. The third-order valence-corrected chi connectivity index (χ3v) is 5.44. The summed E-state index contributed by atoms with van der Waals surface area (Å²) in [5.41, 5.74) is 4.22. The van der Waals surface area contributed by atoms with E-state index in [1.165, 1.54) is 11.1 Å². The quantitative estimate of drug-likeness (QED) is 0.792. The van der Waals surface area contributed by atoms with E-state index < -0.39 is 6.04 Å². The first-order chi connectivity index (χ1) is 13.9. The third-order valence-electron chi connectivity index (χ3n) is 5.44. The highest BCUT2D eigenvalue weighted by atomic mass is 16.2. The van der Waals surface area contributed by atoms with Gasteiger partial charge in [0, 0.05) is 31.2 Å². The van der Waals surface area contributed by atoms with Crippen LogP contribution in [0.15, 0.2) is 48.5 Å². The fraction of sp³-hybridized carbons (Fsp3) is 0.417. The van der Waals surface area contributed by atoms with Crippen molar-refractivity contribution >= 4 is 11.8 Å². The molecule has 1 aliphatic rings. The van der Waals surface area contributed by atoms with Crippen molar-refractivity contribution in [3.8, 4) is 0 Å². The van der Waals surface area contributed by atoms with Crippen LogP contribution in [0.3, 0.4) is 0 Å². The fourth-order valence-electron chi connectivity index (χ4n) is 3.76. The highest BCUT2D eigenvalue weighted by Crippen LogP contribution is 2.15. The van der Waals surface area contributed by atoms with Crippen LogP contribution in [0.25, 0.3) is 0 Å². The first kappa shape index (κ1) is 21.1. The fourth-order valence-corrected chi connectivity index (χ4v) is 3.76. The molecule has 1 atom stereocenters. The number of nitrogens with one attached hydrogen (secondary N) is 2. The minimum atomic E-state index is -0.562. The van der Waals surface area contributed by atoms with Gasteiger partial charge in [-0.15, -0.1) is 0 Å². The molecule has 0 bridgehead atoms. The maximum atomic E-state index is 12.5. The van der Waals surface area contributed by atoms with Gasteiger partial charge in [0.1, 0.15) is 6.04 Å². The number of carbonyl (C=O) groups excluding carboxylic acids is 2. The van der Waals surface area contributed by atoms with Gasteiger partial charge in [0.15, 0.2) is 0 Å². The van der Waals surface area contributed by atoms with Crippen molar-refractivity contribution in [1.29, 1.82) is 0 Å². The van der Waals surface area contributed by atoms with E-state index in [-0.39, 0.29) is 17.9 Å². The smallest absolute Gasteiger partial charge is 0.251 e. The van der Waals surface area contributed by atoms with E-state index in [2.05, 4.69) is 46.7 Å². The van der Waals surface area contributed by atoms with Crippen LogP contribution in [-0.2, 0) is 11.3 Å². The lowest BCUT2D eigenvalue weighted by Gasteiger charge is -2.33. The predicted molar refractivity (Wildman–Crippen MR) is 116 cm³/mol. The lowest BCUT2D eigenvalue weighted by Crippen LogP contribution is -2.51. The van der Waals surface area contributed by atoms with E-state index in [4.69, 9.17) is 0 Å². The van der Waals surface area contributed by atoms with Crippen LogP contribution >= 0.6 is 0 Å². The highest BCUT2D eigenvalue weighted by Gasteiger charge is 2.23. The molecule has 5 heteroatoms. The first-order valence-corrected chi connectivity index (χ1v) is 10.4. The van der Waals surface area contributed by atoms with E-state index in [9.17, 15) is 9.59 Å². The minimum Gasteiger partial charge on any atom is -0.351 e.